The number of aryl methyl sites for hydroxylation is 1. The van der Waals surface area contributed by atoms with Gasteiger partial charge in [0.1, 0.15) is 5.60 Å². The Morgan fingerprint density at radius 1 is 1.30 bits per heavy atom. The molecular weight excluding hydrogens is 290 g/mol. The average molecular weight is 313 g/mol. The summed E-state index contributed by atoms with van der Waals surface area (Å²) in [5.41, 5.74) is 3.34. The molecule has 1 aliphatic heterocycles. The molecule has 0 aliphatic carbocycles. The van der Waals surface area contributed by atoms with Gasteiger partial charge in [0.15, 0.2) is 0 Å². The second kappa shape index (κ2) is 5.72. The van der Waals surface area contributed by atoms with Gasteiger partial charge in [-0.3, -0.25) is 4.90 Å². The van der Waals surface area contributed by atoms with E-state index >= 15 is 0 Å². The van der Waals surface area contributed by atoms with Gasteiger partial charge in [-0.15, -0.1) is 0 Å². The number of hydrogen-bond acceptors (Lipinski definition) is 3. The van der Waals surface area contributed by atoms with Gasteiger partial charge in [0, 0.05) is 19.2 Å². The number of aromatic nitrogens is 2. The Labute approximate surface area is 136 Å². The van der Waals surface area contributed by atoms with E-state index in [4.69, 9.17) is 4.74 Å². The van der Waals surface area contributed by atoms with Gasteiger partial charge in [0.05, 0.1) is 23.1 Å². The number of allylic oxidation sites excluding steroid dienone is 1. The Hall–Kier alpha value is -2.30. The second-order valence-electron chi connectivity index (χ2n) is 6.89. The molecular formula is C18H23N3O2. The molecule has 0 radical (unpaired) electrons. The van der Waals surface area contributed by atoms with Crippen molar-refractivity contribution in [2.24, 2.45) is 7.05 Å². The fourth-order valence-corrected chi connectivity index (χ4v) is 2.85. The third kappa shape index (κ3) is 3.09. The van der Waals surface area contributed by atoms with E-state index in [1.807, 2.05) is 50.6 Å². The molecule has 0 bridgehead atoms. The lowest BCUT2D eigenvalue weighted by Crippen LogP contribution is -2.37. The predicted molar refractivity (Wildman–Crippen MR) is 90.9 cm³/mol. The zero-order valence-electron chi connectivity index (χ0n) is 14.2. The van der Waals surface area contributed by atoms with E-state index in [-0.39, 0.29) is 6.09 Å². The molecule has 122 valence electrons. The Kier molecular flexibility index (Phi) is 3.88. The number of amides is 1. The van der Waals surface area contributed by atoms with Crippen LogP contribution < -0.4 is 0 Å². The highest BCUT2D eigenvalue weighted by Gasteiger charge is 2.28. The normalized spacial score (nSPS) is 15.7. The number of fused-ring (bicyclic) bond motifs is 1. The lowest BCUT2D eigenvalue weighted by molar-refractivity contribution is 0.0347. The molecule has 0 N–H and O–H groups in total. The third-order valence-electron chi connectivity index (χ3n) is 3.86. The van der Waals surface area contributed by atoms with Crippen LogP contribution in [0, 0.1) is 0 Å². The molecule has 3 rings (SSSR count). The first-order valence-electron chi connectivity index (χ1n) is 7.98. The van der Waals surface area contributed by atoms with Gasteiger partial charge < -0.3 is 9.30 Å². The number of ether oxygens (including phenoxy) is 1. The van der Waals surface area contributed by atoms with Crippen molar-refractivity contribution in [1.29, 1.82) is 0 Å². The number of nitrogens with zero attached hydrogens (tertiary/aromatic N) is 3. The summed E-state index contributed by atoms with van der Waals surface area (Å²) in [5, 5.41) is 0. The number of imidazole rings is 1. The van der Waals surface area contributed by atoms with Crippen molar-refractivity contribution in [3.8, 4) is 0 Å². The first-order valence-corrected chi connectivity index (χ1v) is 7.98. The van der Waals surface area contributed by atoms with Gasteiger partial charge in [0.2, 0.25) is 0 Å². The molecule has 0 atom stereocenters. The monoisotopic (exact) mass is 313 g/mol. The van der Waals surface area contributed by atoms with Crippen LogP contribution in [0.15, 0.2) is 30.6 Å². The van der Waals surface area contributed by atoms with Gasteiger partial charge in [-0.05, 0) is 39.7 Å². The Balaban J connectivity index is 2.01. The topological polar surface area (TPSA) is 47.4 Å². The molecule has 2 heterocycles. The highest BCUT2D eigenvalue weighted by molar-refractivity contribution is 5.93. The average Bonchev–Trinajstić information content (AvgIpc) is 2.87. The summed E-state index contributed by atoms with van der Waals surface area (Å²) in [6.45, 7) is 6.33. The summed E-state index contributed by atoms with van der Waals surface area (Å²) in [7, 11) is 1.97. The summed E-state index contributed by atoms with van der Waals surface area (Å²) in [5.74, 6) is 0. The molecule has 1 aromatic carbocycles. The van der Waals surface area contributed by atoms with Crippen LogP contribution in [-0.4, -0.2) is 32.7 Å². The minimum atomic E-state index is -0.503. The summed E-state index contributed by atoms with van der Waals surface area (Å²) in [6.07, 6.45) is 5.52. The first-order chi connectivity index (χ1) is 10.9. The Morgan fingerprint density at radius 3 is 2.83 bits per heavy atom. The molecule has 0 spiro atoms. The molecule has 0 fully saturated rings. The van der Waals surface area contributed by atoms with Crippen molar-refractivity contribution in [3.05, 3.63) is 36.2 Å². The van der Waals surface area contributed by atoms with Crippen molar-refractivity contribution < 1.29 is 9.53 Å². The molecule has 5 heteroatoms. The lowest BCUT2D eigenvalue weighted by atomic mass is 10.0. The third-order valence-corrected chi connectivity index (χ3v) is 3.86. The van der Waals surface area contributed by atoms with Crippen LogP contribution in [-0.2, 0) is 11.8 Å². The molecule has 1 aromatic heterocycles. The summed E-state index contributed by atoms with van der Waals surface area (Å²) in [4.78, 5) is 18.8. The SMILES string of the molecule is Cn1cnc2c(C3=CCCCN3C(=O)OC(C)(C)C)cccc21. The van der Waals surface area contributed by atoms with E-state index in [1.54, 1.807) is 11.2 Å². The van der Waals surface area contributed by atoms with Crippen LogP contribution in [0.3, 0.4) is 0 Å². The van der Waals surface area contributed by atoms with Crippen LogP contribution in [0.4, 0.5) is 4.79 Å². The van der Waals surface area contributed by atoms with E-state index < -0.39 is 5.60 Å². The Morgan fingerprint density at radius 2 is 2.09 bits per heavy atom. The summed E-state index contributed by atoms with van der Waals surface area (Å²) >= 11 is 0. The van der Waals surface area contributed by atoms with E-state index in [1.165, 1.54) is 0 Å². The number of hydrogen-bond donors (Lipinski definition) is 0. The van der Waals surface area contributed by atoms with E-state index in [9.17, 15) is 4.79 Å². The van der Waals surface area contributed by atoms with Crippen LogP contribution in [0.1, 0.15) is 39.2 Å². The maximum atomic E-state index is 12.6. The van der Waals surface area contributed by atoms with Crippen molar-refractivity contribution >= 4 is 22.8 Å². The number of para-hydroxylation sites is 1. The van der Waals surface area contributed by atoms with Gasteiger partial charge in [-0.25, -0.2) is 9.78 Å². The number of benzene rings is 1. The molecule has 0 unspecified atom stereocenters. The van der Waals surface area contributed by atoms with Crippen molar-refractivity contribution in [2.45, 2.75) is 39.2 Å². The standard InChI is InChI=1S/C18H23N3O2/c1-18(2,3)23-17(22)21-11-6-5-9-14(21)13-8-7-10-15-16(13)19-12-20(15)4/h7-10,12H,5-6,11H2,1-4H3. The number of carbonyl (C=O) groups is 1. The van der Waals surface area contributed by atoms with E-state index in [0.29, 0.717) is 6.54 Å². The zero-order valence-corrected chi connectivity index (χ0v) is 14.2. The first kappa shape index (κ1) is 15.6. The quantitative estimate of drug-likeness (QED) is 0.801. The fourth-order valence-electron chi connectivity index (χ4n) is 2.85. The number of rotatable bonds is 1. The second-order valence-corrected chi connectivity index (χ2v) is 6.89. The van der Waals surface area contributed by atoms with Gasteiger partial charge in [-0.2, -0.15) is 0 Å². The maximum absolute atomic E-state index is 12.6. The van der Waals surface area contributed by atoms with Crippen molar-refractivity contribution in [2.75, 3.05) is 6.54 Å². The predicted octanol–water partition coefficient (Wildman–Crippen LogP) is 3.95. The minimum absolute atomic E-state index is 0.295. The van der Waals surface area contributed by atoms with Crippen LogP contribution in [0.2, 0.25) is 0 Å². The smallest absolute Gasteiger partial charge is 0.414 e. The minimum Gasteiger partial charge on any atom is -0.443 e. The van der Waals surface area contributed by atoms with Gasteiger partial charge in [0.25, 0.3) is 0 Å². The zero-order chi connectivity index (χ0) is 16.6. The summed E-state index contributed by atoms with van der Waals surface area (Å²) < 4.78 is 7.55. The van der Waals surface area contributed by atoms with Gasteiger partial charge in [-0.1, -0.05) is 18.2 Å². The maximum Gasteiger partial charge on any atom is 0.414 e. The molecule has 5 nitrogen and oxygen atoms in total. The van der Waals surface area contributed by atoms with Crippen LogP contribution in [0.5, 0.6) is 0 Å². The Bertz CT molecular complexity index is 768. The molecule has 1 amide bonds. The van der Waals surface area contributed by atoms with Gasteiger partial charge >= 0.3 is 6.09 Å². The molecule has 2 aromatic rings. The highest BCUT2D eigenvalue weighted by Crippen LogP contribution is 2.31. The fraction of sp³-hybridized carbons (Fsp3) is 0.444. The van der Waals surface area contributed by atoms with Crippen LogP contribution >= 0.6 is 0 Å². The lowest BCUT2D eigenvalue weighted by Gasteiger charge is -2.31. The molecule has 1 aliphatic rings. The van der Waals surface area contributed by atoms with Crippen molar-refractivity contribution in [3.63, 3.8) is 0 Å². The highest BCUT2D eigenvalue weighted by atomic mass is 16.6. The van der Waals surface area contributed by atoms with E-state index in [0.717, 1.165) is 35.1 Å². The molecule has 0 saturated heterocycles. The number of carbonyl (C=O) groups excluding carboxylic acids is 1. The molecule has 0 saturated carbocycles. The summed E-state index contributed by atoms with van der Waals surface area (Å²) in [6, 6.07) is 6.05. The van der Waals surface area contributed by atoms with Crippen molar-refractivity contribution in [1.82, 2.24) is 14.5 Å². The molecule has 23 heavy (non-hydrogen) atoms. The van der Waals surface area contributed by atoms with Crippen LogP contribution in [0.25, 0.3) is 16.7 Å². The largest absolute Gasteiger partial charge is 0.443 e. The van der Waals surface area contributed by atoms with E-state index in [2.05, 4.69) is 11.1 Å².